The second-order valence-corrected chi connectivity index (χ2v) is 6.48. The summed E-state index contributed by atoms with van der Waals surface area (Å²) in [5.74, 6) is -1.24. The number of aryl methyl sites for hydroxylation is 1. The van der Waals surface area contributed by atoms with Crippen molar-refractivity contribution in [2.45, 2.75) is 18.4 Å². The second-order valence-electron chi connectivity index (χ2n) is 4.31. The van der Waals surface area contributed by atoms with Crippen LogP contribution in [0.15, 0.2) is 39.6 Å². The van der Waals surface area contributed by atoms with Crippen molar-refractivity contribution in [1.82, 2.24) is 4.72 Å². The Kier molecular flexibility index (Phi) is 4.36. The molecule has 0 aliphatic carbocycles. The van der Waals surface area contributed by atoms with Crippen molar-refractivity contribution < 1.29 is 22.7 Å². The van der Waals surface area contributed by atoms with Crippen LogP contribution < -0.4 is 4.72 Å². The highest BCUT2D eigenvalue weighted by atomic mass is 35.5. The summed E-state index contributed by atoms with van der Waals surface area (Å²) in [5.41, 5.74) is 0.515. The Labute approximate surface area is 126 Å². The fourth-order valence-electron chi connectivity index (χ4n) is 1.75. The van der Waals surface area contributed by atoms with Gasteiger partial charge in [-0.15, -0.1) is 0 Å². The Morgan fingerprint density at radius 1 is 1.33 bits per heavy atom. The second kappa shape index (κ2) is 5.88. The molecule has 0 spiro atoms. The molecule has 0 aliphatic heterocycles. The van der Waals surface area contributed by atoms with Crippen LogP contribution in [0.25, 0.3) is 0 Å². The number of sulfonamides is 1. The van der Waals surface area contributed by atoms with Gasteiger partial charge in [0.1, 0.15) is 5.76 Å². The maximum Gasteiger partial charge on any atom is 0.371 e. The number of hydrogen-bond acceptors (Lipinski definition) is 4. The molecule has 0 unspecified atom stereocenters. The molecule has 2 aromatic rings. The number of carboxylic acid groups (broad SMARTS) is 1. The summed E-state index contributed by atoms with van der Waals surface area (Å²) in [5, 5.41) is 9.17. The summed E-state index contributed by atoms with van der Waals surface area (Å²) in [4.78, 5) is 10.8. The van der Waals surface area contributed by atoms with E-state index in [0.717, 1.165) is 0 Å². The van der Waals surface area contributed by atoms with E-state index in [-0.39, 0.29) is 23.0 Å². The van der Waals surface area contributed by atoms with E-state index in [1.165, 1.54) is 24.3 Å². The third-order valence-electron chi connectivity index (χ3n) is 2.74. The SMILES string of the molecule is Cc1cc(Cl)ccc1S(=O)(=O)NCc1ccc(C(=O)O)o1. The molecule has 0 bridgehead atoms. The average molecular weight is 330 g/mol. The van der Waals surface area contributed by atoms with Gasteiger partial charge < -0.3 is 9.52 Å². The van der Waals surface area contributed by atoms with E-state index in [0.29, 0.717) is 10.6 Å². The first-order valence-electron chi connectivity index (χ1n) is 5.87. The van der Waals surface area contributed by atoms with Gasteiger partial charge in [-0.1, -0.05) is 11.6 Å². The zero-order chi connectivity index (χ0) is 15.6. The maximum absolute atomic E-state index is 12.2. The third kappa shape index (κ3) is 3.63. The Morgan fingerprint density at radius 3 is 2.62 bits per heavy atom. The van der Waals surface area contributed by atoms with Crippen molar-refractivity contribution in [3.05, 3.63) is 52.4 Å². The predicted molar refractivity (Wildman–Crippen MR) is 75.9 cm³/mol. The normalized spacial score (nSPS) is 11.5. The lowest BCUT2D eigenvalue weighted by molar-refractivity contribution is 0.0660. The first-order valence-corrected chi connectivity index (χ1v) is 7.73. The van der Waals surface area contributed by atoms with Gasteiger partial charge in [0.25, 0.3) is 0 Å². The van der Waals surface area contributed by atoms with Crippen LogP contribution in [0.3, 0.4) is 0 Å². The third-order valence-corrected chi connectivity index (χ3v) is 4.53. The topological polar surface area (TPSA) is 96.6 Å². The maximum atomic E-state index is 12.2. The lowest BCUT2D eigenvalue weighted by Crippen LogP contribution is -2.23. The molecule has 1 aromatic heterocycles. The Hall–Kier alpha value is -1.83. The van der Waals surface area contributed by atoms with E-state index in [9.17, 15) is 13.2 Å². The number of carbonyl (C=O) groups is 1. The number of carboxylic acids is 1. The molecule has 0 saturated carbocycles. The number of rotatable bonds is 5. The molecule has 0 saturated heterocycles. The molecule has 2 N–H and O–H groups in total. The average Bonchev–Trinajstić information content (AvgIpc) is 2.85. The molecule has 6 nitrogen and oxygen atoms in total. The van der Waals surface area contributed by atoms with Crippen LogP contribution in [0.1, 0.15) is 21.9 Å². The molecule has 0 amide bonds. The minimum Gasteiger partial charge on any atom is -0.475 e. The van der Waals surface area contributed by atoms with Crippen molar-refractivity contribution in [1.29, 1.82) is 0 Å². The fourth-order valence-corrected chi connectivity index (χ4v) is 3.19. The van der Waals surface area contributed by atoms with Gasteiger partial charge in [0.2, 0.25) is 15.8 Å². The first-order chi connectivity index (χ1) is 9.79. The van der Waals surface area contributed by atoms with E-state index < -0.39 is 16.0 Å². The van der Waals surface area contributed by atoms with E-state index in [2.05, 4.69) is 4.72 Å². The number of benzene rings is 1. The van der Waals surface area contributed by atoms with Gasteiger partial charge in [0, 0.05) is 5.02 Å². The van der Waals surface area contributed by atoms with Crippen LogP contribution in [0, 0.1) is 6.92 Å². The van der Waals surface area contributed by atoms with Crippen LogP contribution in [0.4, 0.5) is 0 Å². The number of furan rings is 1. The summed E-state index contributed by atoms with van der Waals surface area (Å²) in [7, 11) is -3.73. The van der Waals surface area contributed by atoms with Crippen molar-refractivity contribution in [2.24, 2.45) is 0 Å². The van der Waals surface area contributed by atoms with Gasteiger partial charge in [0.05, 0.1) is 11.4 Å². The summed E-state index contributed by atoms with van der Waals surface area (Å²) in [6, 6.07) is 7.11. The van der Waals surface area contributed by atoms with Crippen molar-refractivity contribution >= 4 is 27.6 Å². The van der Waals surface area contributed by atoms with Gasteiger partial charge in [-0.2, -0.15) is 0 Å². The zero-order valence-electron chi connectivity index (χ0n) is 11.0. The highest BCUT2D eigenvalue weighted by molar-refractivity contribution is 7.89. The van der Waals surface area contributed by atoms with Gasteiger partial charge in [-0.05, 0) is 42.8 Å². The first kappa shape index (κ1) is 15.6. The van der Waals surface area contributed by atoms with E-state index in [1.54, 1.807) is 13.0 Å². The number of aromatic carboxylic acids is 1. The molecular formula is C13H12ClNO5S. The fraction of sp³-hybridized carbons (Fsp3) is 0.154. The lowest BCUT2D eigenvalue weighted by atomic mass is 10.2. The van der Waals surface area contributed by atoms with Crippen molar-refractivity contribution in [3.8, 4) is 0 Å². The number of halogens is 1. The van der Waals surface area contributed by atoms with Crippen LogP contribution in [0.2, 0.25) is 5.02 Å². The van der Waals surface area contributed by atoms with Crippen molar-refractivity contribution in [3.63, 3.8) is 0 Å². The molecule has 0 atom stereocenters. The minimum absolute atomic E-state index is 0.108. The Balaban J connectivity index is 2.15. The van der Waals surface area contributed by atoms with Gasteiger partial charge in [-0.3, -0.25) is 0 Å². The molecule has 0 fully saturated rings. The predicted octanol–water partition coefficient (Wildman–Crippen LogP) is 2.42. The molecule has 112 valence electrons. The molecular weight excluding hydrogens is 318 g/mol. The monoisotopic (exact) mass is 329 g/mol. The van der Waals surface area contributed by atoms with Crippen LogP contribution in [-0.2, 0) is 16.6 Å². The van der Waals surface area contributed by atoms with Gasteiger partial charge in [0.15, 0.2) is 0 Å². The Morgan fingerprint density at radius 2 is 2.05 bits per heavy atom. The highest BCUT2D eigenvalue weighted by Gasteiger charge is 2.18. The lowest BCUT2D eigenvalue weighted by Gasteiger charge is -2.08. The molecule has 0 aliphatic rings. The standard InChI is InChI=1S/C13H12ClNO5S/c1-8-6-9(14)2-5-12(8)21(18,19)15-7-10-3-4-11(20-10)13(16)17/h2-6,15H,7H2,1H3,(H,16,17). The van der Waals surface area contributed by atoms with E-state index in [1.807, 2.05) is 0 Å². The summed E-state index contributed by atoms with van der Waals surface area (Å²) >= 11 is 5.79. The molecule has 1 aromatic carbocycles. The van der Waals surface area contributed by atoms with E-state index >= 15 is 0 Å². The summed E-state index contributed by atoms with van der Waals surface area (Å²) in [6.07, 6.45) is 0. The molecule has 8 heteroatoms. The zero-order valence-corrected chi connectivity index (χ0v) is 12.5. The molecule has 21 heavy (non-hydrogen) atoms. The van der Waals surface area contributed by atoms with E-state index in [4.69, 9.17) is 21.1 Å². The highest BCUT2D eigenvalue weighted by Crippen LogP contribution is 2.20. The van der Waals surface area contributed by atoms with Crippen LogP contribution >= 0.6 is 11.6 Å². The smallest absolute Gasteiger partial charge is 0.371 e. The Bertz CT molecular complexity index is 782. The molecule has 1 heterocycles. The number of nitrogens with one attached hydrogen (secondary N) is 1. The molecule has 0 radical (unpaired) electrons. The largest absolute Gasteiger partial charge is 0.475 e. The van der Waals surface area contributed by atoms with Crippen LogP contribution in [0.5, 0.6) is 0 Å². The van der Waals surface area contributed by atoms with Gasteiger partial charge in [-0.25, -0.2) is 17.9 Å². The van der Waals surface area contributed by atoms with Gasteiger partial charge >= 0.3 is 5.97 Å². The van der Waals surface area contributed by atoms with Crippen LogP contribution in [-0.4, -0.2) is 19.5 Å². The quantitative estimate of drug-likeness (QED) is 0.878. The van der Waals surface area contributed by atoms with Crippen molar-refractivity contribution in [2.75, 3.05) is 0 Å². The summed E-state index contributed by atoms with van der Waals surface area (Å²) < 4.78 is 31.7. The number of hydrogen-bond donors (Lipinski definition) is 2. The molecule has 2 rings (SSSR count). The summed E-state index contributed by atoms with van der Waals surface area (Å²) in [6.45, 7) is 1.49. The minimum atomic E-state index is -3.73.